The molecule has 6 heteroatoms. The van der Waals surface area contributed by atoms with E-state index in [1.807, 2.05) is 6.92 Å². The first-order valence-corrected chi connectivity index (χ1v) is 7.67. The Labute approximate surface area is 133 Å². The average molecular weight is 360 g/mol. The Balaban J connectivity index is 2.82. The summed E-state index contributed by atoms with van der Waals surface area (Å²) in [6.45, 7) is 2.71. The number of rotatable bonds is 8. The highest BCUT2D eigenvalue weighted by Crippen LogP contribution is 2.35. The largest absolute Gasteiger partial charge is 0.495 e. The van der Waals surface area contributed by atoms with Gasteiger partial charge in [-0.05, 0) is 40.4 Å². The van der Waals surface area contributed by atoms with Crippen LogP contribution in [0.1, 0.15) is 30.1 Å². The minimum absolute atomic E-state index is 0.133. The van der Waals surface area contributed by atoms with Gasteiger partial charge < -0.3 is 19.9 Å². The van der Waals surface area contributed by atoms with E-state index < -0.39 is 0 Å². The van der Waals surface area contributed by atoms with Crippen molar-refractivity contribution >= 4 is 21.8 Å². The number of halogens is 1. The second-order valence-corrected chi connectivity index (χ2v) is 5.48. The standard InChI is InChI=1S/C15H22BrNO4/c1-4-10(5-6-18)9-17-15(19)11-7-12(20-2)14(16)13(8-11)21-3/h7-8,10,18H,4-6,9H2,1-3H3,(H,17,19). The van der Waals surface area contributed by atoms with Gasteiger partial charge in [-0.3, -0.25) is 4.79 Å². The van der Waals surface area contributed by atoms with Gasteiger partial charge in [0, 0.05) is 18.7 Å². The highest BCUT2D eigenvalue weighted by molar-refractivity contribution is 9.10. The summed E-state index contributed by atoms with van der Waals surface area (Å²) in [5, 5.41) is 11.8. The molecule has 1 atom stereocenters. The molecule has 1 aromatic carbocycles. The molecule has 1 rings (SSSR count). The first-order valence-electron chi connectivity index (χ1n) is 6.87. The van der Waals surface area contributed by atoms with Crippen LogP contribution >= 0.6 is 15.9 Å². The molecule has 0 aliphatic carbocycles. The number of nitrogens with one attached hydrogen (secondary N) is 1. The normalized spacial score (nSPS) is 11.9. The summed E-state index contributed by atoms with van der Waals surface area (Å²) in [6, 6.07) is 3.32. The van der Waals surface area contributed by atoms with Crippen LogP contribution in [0, 0.1) is 5.92 Å². The second-order valence-electron chi connectivity index (χ2n) is 4.69. The minimum Gasteiger partial charge on any atom is -0.495 e. The maximum Gasteiger partial charge on any atom is 0.251 e. The number of hydrogen-bond donors (Lipinski definition) is 2. The maximum absolute atomic E-state index is 12.2. The van der Waals surface area contributed by atoms with Gasteiger partial charge in [0.2, 0.25) is 0 Å². The van der Waals surface area contributed by atoms with Crippen molar-refractivity contribution in [3.63, 3.8) is 0 Å². The van der Waals surface area contributed by atoms with Gasteiger partial charge in [0.05, 0.1) is 14.2 Å². The van der Waals surface area contributed by atoms with E-state index in [-0.39, 0.29) is 18.4 Å². The van der Waals surface area contributed by atoms with E-state index in [0.717, 1.165) is 6.42 Å². The van der Waals surface area contributed by atoms with Crippen LogP contribution in [0.5, 0.6) is 11.5 Å². The Morgan fingerprint density at radius 2 is 1.90 bits per heavy atom. The average Bonchev–Trinajstić information content (AvgIpc) is 2.51. The molecule has 0 bridgehead atoms. The van der Waals surface area contributed by atoms with Gasteiger partial charge in [-0.1, -0.05) is 13.3 Å². The van der Waals surface area contributed by atoms with Gasteiger partial charge in [0.25, 0.3) is 5.91 Å². The molecule has 0 aromatic heterocycles. The topological polar surface area (TPSA) is 67.8 Å². The van der Waals surface area contributed by atoms with Crippen molar-refractivity contribution < 1.29 is 19.4 Å². The first kappa shape index (κ1) is 17.8. The lowest BCUT2D eigenvalue weighted by atomic mass is 10.0. The Morgan fingerprint density at radius 1 is 1.33 bits per heavy atom. The molecule has 0 aliphatic rings. The molecule has 0 heterocycles. The van der Waals surface area contributed by atoms with Crippen molar-refractivity contribution in [2.75, 3.05) is 27.4 Å². The highest BCUT2D eigenvalue weighted by atomic mass is 79.9. The molecular formula is C15H22BrNO4. The third-order valence-corrected chi connectivity index (χ3v) is 4.16. The highest BCUT2D eigenvalue weighted by Gasteiger charge is 2.15. The molecule has 1 amide bonds. The molecule has 0 saturated carbocycles. The van der Waals surface area contributed by atoms with Gasteiger partial charge in [-0.25, -0.2) is 0 Å². The van der Waals surface area contributed by atoms with E-state index >= 15 is 0 Å². The van der Waals surface area contributed by atoms with Gasteiger partial charge in [0.1, 0.15) is 16.0 Å². The zero-order valence-corrected chi connectivity index (χ0v) is 14.2. The summed E-state index contributed by atoms with van der Waals surface area (Å²) >= 11 is 3.37. The van der Waals surface area contributed by atoms with Gasteiger partial charge in [-0.15, -0.1) is 0 Å². The van der Waals surface area contributed by atoms with Crippen molar-refractivity contribution in [2.45, 2.75) is 19.8 Å². The molecule has 0 saturated heterocycles. The van der Waals surface area contributed by atoms with E-state index in [1.165, 1.54) is 14.2 Å². The predicted molar refractivity (Wildman–Crippen MR) is 85.1 cm³/mol. The maximum atomic E-state index is 12.2. The van der Waals surface area contributed by atoms with Crippen LogP contribution in [-0.4, -0.2) is 38.4 Å². The van der Waals surface area contributed by atoms with Crippen molar-refractivity contribution in [1.82, 2.24) is 5.32 Å². The van der Waals surface area contributed by atoms with E-state index in [4.69, 9.17) is 14.6 Å². The summed E-state index contributed by atoms with van der Waals surface area (Å²) in [6.07, 6.45) is 1.59. The zero-order valence-electron chi connectivity index (χ0n) is 12.6. The predicted octanol–water partition coefficient (Wildman–Crippen LogP) is 2.60. The fourth-order valence-corrected chi connectivity index (χ4v) is 2.53. The van der Waals surface area contributed by atoms with Gasteiger partial charge >= 0.3 is 0 Å². The van der Waals surface area contributed by atoms with Crippen molar-refractivity contribution in [3.8, 4) is 11.5 Å². The van der Waals surface area contributed by atoms with Crippen LogP contribution in [-0.2, 0) is 0 Å². The number of carbonyl (C=O) groups is 1. The quantitative estimate of drug-likeness (QED) is 0.748. The lowest BCUT2D eigenvalue weighted by Gasteiger charge is -2.15. The van der Waals surface area contributed by atoms with E-state index in [0.29, 0.717) is 34.5 Å². The van der Waals surface area contributed by atoms with Crippen molar-refractivity contribution in [3.05, 3.63) is 22.2 Å². The summed E-state index contributed by atoms with van der Waals surface area (Å²) in [4.78, 5) is 12.2. The summed E-state index contributed by atoms with van der Waals surface area (Å²) in [5.74, 6) is 1.18. The van der Waals surface area contributed by atoms with Crippen LogP contribution in [0.4, 0.5) is 0 Å². The van der Waals surface area contributed by atoms with E-state index in [1.54, 1.807) is 12.1 Å². The summed E-state index contributed by atoms with van der Waals surface area (Å²) in [7, 11) is 3.07. The molecule has 118 valence electrons. The first-order chi connectivity index (χ1) is 10.1. The van der Waals surface area contributed by atoms with Crippen LogP contribution in [0.25, 0.3) is 0 Å². The lowest BCUT2D eigenvalue weighted by molar-refractivity contribution is 0.0943. The molecule has 5 nitrogen and oxygen atoms in total. The smallest absolute Gasteiger partial charge is 0.251 e. The number of aliphatic hydroxyl groups excluding tert-OH is 1. The number of hydrogen-bond acceptors (Lipinski definition) is 4. The molecule has 0 aliphatic heterocycles. The summed E-state index contributed by atoms with van der Waals surface area (Å²) in [5.41, 5.74) is 0.478. The third kappa shape index (κ3) is 4.89. The SMILES string of the molecule is CCC(CCO)CNC(=O)c1cc(OC)c(Br)c(OC)c1. The Bertz CT molecular complexity index is 454. The van der Waals surface area contributed by atoms with Gasteiger partial charge in [-0.2, -0.15) is 0 Å². The van der Waals surface area contributed by atoms with Crippen molar-refractivity contribution in [1.29, 1.82) is 0 Å². The molecule has 1 unspecified atom stereocenters. The molecular weight excluding hydrogens is 338 g/mol. The monoisotopic (exact) mass is 359 g/mol. The van der Waals surface area contributed by atoms with E-state index in [2.05, 4.69) is 21.2 Å². The van der Waals surface area contributed by atoms with Crippen LogP contribution < -0.4 is 14.8 Å². The number of methoxy groups -OCH3 is 2. The zero-order chi connectivity index (χ0) is 15.8. The third-order valence-electron chi connectivity index (χ3n) is 3.37. The van der Waals surface area contributed by atoms with Crippen molar-refractivity contribution in [2.24, 2.45) is 5.92 Å². The number of amides is 1. The van der Waals surface area contributed by atoms with Crippen LogP contribution in [0.3, 0.4) is 0 Å². The number of benzene rings is 1. The molecule has 2 N–H and O–H groups in total. The molecule has 0 spiro atoms. The van der Waals surface area contributed by atoms with E-state index in [9.17, 15) is 4.79 Å². The fourth-order valence-electron chi connectivity index (χ4n) is 1.97. The molecule has 1 aromatic rings. The molecule has 21 heavy (non-hydrogen) atoms. The number of carbonyl (C=O) groups excluding carboxylic acids is 1. The van der Waals surface area contributed by atoms with Gasteiger partial charge in [0.15, 0.2) is 0 Å². The van der Waals surface area contributed by atoms with Crippen LogP contribution in [0.15, 0.2) is 16.6 Å². The summed E-state index contributed by atoms with van der Waals surface area (Å²) < 4.78 is 11.1. The molecule has 0 fully saturated rings. The Hall–Kier alpha value is -1.27. The number of aliphatic hydroxyl groups is 1. The Kier molecular flexibility index (Phi) is 7.53. The lowest BCUT2D eigenvalue weighted by Crippen LogP contribution is -2.29. The Morgan fingerprint density at radius 3 is 2.33 bits per heavy atom. The fraction of sp³-hybridized carbons (Fsp3) is 0.533. The number of ether oxygens (including phenoxy) is 2. The van der Waals surface area contributed by atoms with Crippen LogP contribution in [0.2, 0.25) is 0 Å². The second kappa shape index (κ2) is 8.89. The molecule has 0 radical (unpaired) electrons. The minimum atomic E-state index is -0.185.